The Bertz CT molecular complexity index is 1390. The summed E-state index contributed by atoms with van der Waals surface area (Å²) in [6, 6.07) is 11.8. The first-order valence-corrected chi connectivity index (χ1v) is 10.9. The number of nitrogens with one attached hydrogen (secondary N) is 1. The second-order valence-corrected chi connectivity index (χ2v) is 7.57. The highest BCUT2D eigenvalue weighted by Crippen LogP contribution is 2.29. The molecule has 13 nitrogen and oxygen atoms in total. The number of methoxy groups -OCH3 is 1. The van der Waals surface area contributed by atoms with Gasteiger partial charge in [0.1, 0.15) is 11.4 Å². The van der Waals surface area contributed by atoms with E-state index in [-0.39, 0.29) is 28.8 Å². The molecule has 0 saturated carbocycles. The molecule has 4 N–H and O–H groups in total. The molecule has 0 atom stereocenters. The van der Waals surface area contributed by atoms with Gasteiger partial charge in [-0.25, -0.2) is 10.1 Å². The Morgan fingerprint density at radius 2 is 2.00 bits per heavy atom. The number of nitrogens with two attached hydrogens (primary N) is 1. The van der Waals surface area contributed by atoms with Crippen LogP contribution in [-0.2, 0) is 0 Å². The summed E-state index contributed by atoms with van der Waals surface area (Å²) in [6.45, 7) is 4.29. The lowest BCUT2D eigenvalue weighted by molar-refractivity contribution is 0.0950. The van der Waals surface area contributed by atoms with Crippen LogP contribution in [0.5, 0.6) is 17.2 Å². The predicted octanol–water partition coefficient (Wildman–Crippen LogP) is 2.56. The van der Waals surface area contributed by atoms with Crippen molar-refractivity contribution in [2.45, 2.75) is 20.3 Å². The van der Waals surface area contributed by atoms with Crippen molar-refractivity contribution in [1.82, 2.24) is 30.7 Å². The number of anilines is 1. The Labute approximate surface area is 205 Å². The first-order chi connectivity index (χ1) is 17.4. The Kier molecular flexibility index (Phi) is 7.09. The number of phenols is 1. The van der Waals surface area contributed by atoms with Gasteiger partial charge >= 0.3 is 0 Å². The number of aromatic hydroxyl groups is 1. The lowest BCUT2D eigenvalue weighted by atomic mass is 10.1. The number of ether oxygens (including phenoxy) is 2. The zero-order valence-electron chi connectivity index (χ0n) is 19.8. The number of nitrogens with zero attached hydrogens (tertiary/aromatic N) is 6. The highest BCUT2D eigenvalue weighted by Gasteiger charge is 2.25. The maximum atomic E-state index is 13.1. The number of aromatic nitrogens is 5. The third-order valence-corrected chi connectivity index (χ3v) is 5.10. The fourth-order valence-electron chi connectivity index (χ4n) is 3.26. The van der Waals surface area contributed by atoms with Crippen molar-refractivity contribution in [3.63, 3.8) is 0 Å². The molecule has 2 heterocycles. The summed E-state index contributed by atoms with van der Waals surface area (Å²) in [5.74, 6) is 0.390. The second-order valence-electron chi connectivity index (χ2n) is 7.57. The molecule has 4 rings (SSSR count). The van der Waals surface area contributed by atoms with Crippen LogP contribution in [0.4, 0.5) is 5.82 Å². The van der Waals surface area contributed by atoms with Gasteiger partial charge in [-0.05, 0) is 66.1 Å². The minimum absolute atomic E-state index is 0.00734. The van der Waals surface area contributed by atoms with Crippen molar-refractivity contribution < 1.29 is 24.0 Å². The Balaban J connectivity index is 1.67. The van der Waals surface area contributed by atoms with E-state index in [1.807, 2.05) is 6.92 Å². The first-order valence-electron chi connectivity index (χ1n) is 10.9. The number of carbonyl (C=O) groups excluding carboxylic acids is 1. The topological polar surface area (TPSA) is 176 Å². The maximum absolute atomic E-state index is 13.1. The molecule has 0 aliphatic heterocycles. The van der Waals surface area contributed by atoms with Gasteiger partial charge in [0.05, 0.1) is 19.4 Å². The van der Waals surface area contributed by atoms with E-state index in [0.29, 0.717) is 34.9 Å². The van der Waals surface area contributed by atoms with E-state index in [0.717, 1.165) is 6.42 Å². The van der Waals surface area contributed by atoms with E-state index >= 15 is 0 Å². The van der Waals surface area contributed by atoms with Crippen LogP contribution >= 0.6 is 0 Å². The van der Waals surface area contributed by atoms with E-state index in [1.165, 1.54) is 17.9 Å². The third kappa shape index (κ3) is 4.94. The molecule has 0 fully saturated rings. The highest BCUT2D eigenvalue weighted by atomic mass is 16.6. The van der Waals surface area contributed by atoms with Crippen LogP contribution in [0.3, 0.4) is 0 Å². The van der Waals surface area contributed by atoms with Gasteiger partial charge in [0.25, 0.3) is 5.91 Å². The van der Waals surface area contributed by atoms with Gasteiger partial charge in [-0.2, -0.15) is 9.78 Å². The minimum atomic E-state index is -0.623. The fraction of sp³-hybridized carbons (Fsp3) is 0.217. The molecule has 4 aromatic rings. The quantitative estimate of drug-likeness (QED) is 0.232. The van der Waals surface area contributed by atoms with Gasteiger partial charge in [-0.3, -0.25) is 4.79 Å². The second kappa shape index (κ2) is 10.5. The van der Waals surface area contributed by atoms with Crippen LogP contribution in [-0.4, -0.2) is 55.7 Å². The Morgan fingerprint density at radius 3 is 2.67 bits per heavy atom. The SMILES string of the molecule is CCCOc1ccc(-c2c(C(=O)NN=C(C)c3ccc(O)c(OC)c3)nnn2-c2nonc2N)cc1. The monoisotopic (exact) mass is 492 g/mol. The van der Waals surface area contributed by atoms with Gasteiger partial charge in [0, 0.05) is 11.1 Å². The van der Waals surface area contributed by atoms with Crippen LogP contribution in [0.1, 0.15) is 36.3 Å². The van der Waals surface area contributed by atoms with Crippen molar-refractivity contribution >= 4 is 17.4 Å². The number of rotatable bonds is 9. The van der Waals surface area contributed by atoms with Crippen molar-refractivity contribution in [2.75, 3.05) is 19.5 Å². The Morgan fingerprint density at radius 1 is 1.22 bits per heavy atom. The molecular formula is C23H24N8O5. The molecule has 0 saturated heterocycles. The summed E-state index contributed by atoms with van der Waals surface area (Å²) in [7, 11) is 1.44. The molecule has 0 radical (unpaired) electrons. The molecule has 0 aliphatic rings. The Hall–Kier alpha value is -4.94. The molecule has 0 bridgehead atoms. The highest BCUT2D eigenvalue weighted by molar-refractivity contribution is 6.02. The summed E-state index contributed by atoms with van der Waals surface area (Å²) < 4.78 is 16.7. The van der Waals surface area contributed by atoms with E-state index in [9.17, 15) is 9.90 Å². The molecule has 2 aromatic heterocycles. The average molecular weight is 492 g/mol. The predicted molar refractivity (Wildman–Crippen MR) is 129 cm³/mol. The number of hydrazone groups is 1. The molecule has 186 valence electrons. The lowest BCUT2D eigenvalue weighted by Gasteiger charge is -2.09. The standard InChI is InChI=1S/C23H24N8O5/c1-4-11-35-16-8-5-14(6-9-16)20-19(26-30-31(20)22-21(24)28-36-29-22)23(33)27-25-13(2)15-7-10-17(32)18(12-15)34-3/h5-10,12,32H,4,11H2,1-3H3,(H2,24,28)(H,27,33). The zero-order chi connectivity index (χ0) is 25.7. The molecule has 0 aliphatic carbocycles. The molecule has 0 unspecified atom stereocenters. The van der Waals surface area contributed by atoms with Crippen molar-refractivity contribution in [3.05, 3.63) is 53.7 Å². The van der Waals surface area contributed by atoms with Crippen LogP contribution in [0, 0.1) is 0 Å². The smallest absolute Gasteiger partial charge is 0.294 e. The number of amides is 1. The van der Waals surface area contributed by atoms with Crippen LogP contribution in [0.25, 0.3) is 17.1 Å². The fourth-order valence-corrected chi connectivity index (χ4v) is 3.26. The van der Waals surface area contributed by atoms with Gasteiger partial charge in [0.2, 0.25) is 11.6 Å². The summed E-state index contributed by atoms with van der Waals surface area (Å²) in [5.41, 5.74) is 10.3. The van der Waals surface area contributed by atoms with Crippen molar-refractivity contribution in [3.8, 4) is 34.3 Å². The van der Waals surface area contributed by atoms with Gasteiger partial charge in [-0.15, -0.1) is 5.10 Å². The first kappa shape index (κ1) is 24.2. The van der Waals surface area contributed by atoms with Crippen LogP contribution < -0.4 is 20.6 Å². The van der Waals surface area contributed by atoms with Crippen LogP contribution in [0.2, 0.25) is 0 Å². The van der Waals surface area contributed by atoms with Crippen molar-refractivity contribution in [1.29, 1.82) is 0 Å². The summed E-state index contributed by atoms with van der Waals surface area (Å²) in [6.07, 6.45) is 0.873. The van der Waals surface area contributed by atoms with E-state index in [2.05, 4.69) is 31.2 Å². The molecule has 0 spiro atoms. The molecule has 1 amide bonds. The average Bonchev–Trinajstić information content (AvgIpc) is 3.52. The minimum Gasteiger partial charge on any atom is -0.504 e. The number of nitrogen functional groups attached to an aromatic ring is 1. The molecule has 13 heteroatoms. The third-order valence-electron chi connectivity index (χ3n) is 5.10. The van der Waals surface area contributed by atoms with Crippen molar-refractivity contribution in [2.24, 2.45) is 5.10 Å². The number of hydrogen-bond acceptors (Lipinski definition) is 11. The van der Waals surface area contributed by atoms with Gasteiger partial charge in [-0.1, -0.05) is 12.1 Å². The largest absolute Gasteiger partial charge is 0.504 e. The summed E-state index contributed by atoms with van der Waals surface area (Å²) in [5, 5.41) is 29.4. The normalized spacial score (nSPS) is 11.4. The van der Waals surface area contributed by atoms with Crippen LogP contribution in [0.15, 0.2) is 52.2 Å². The molecular weight excluding hydrogens is 468 g/mol. The number of benzene rings is 2. The van der Waals surface area contributed by atoms with Gasteiger partial charge in [0.15, 0.2) is 17.2 Å². The summed E-state index contributed by atoms with van der Waals surface area (Å²) >= 11 is 0. The summed E-state index contributed by atoms with van der Waals surface area (Å²) in [4.78, 5) is 13.1. The van der Waals surface area contributed by atoms with E-state index in [1.54, 1.807) is 43.3 Å². The number of hydrogen-bond donors (Lipinski definition) is 3. The van der Waals surface area contributed by atoms with E-state index < -0.39 is 5.91 Å². The maximum Gasteiger partial charge on any atom is 0.294 e. The zero-order valence-corrected chi connectivity index (χ0v) is 19.8. The lowest BCUT2D eigenvalue weighted by Crippen LogP contribution is -2.21. The van der Waals surface area contributed by atoms with Gasteiger partial charge < -0.3 is 20.3 Å². The van der Waals surface area contributed by atoms with E-state index in [4.69, 9.17) is 19.8 Å². The molecule has 36 heavy (non-hydrogen) atoms. The molecule has 2 aromatic carbocycles. The number of carbonyl (C=O) groups is 1. The number of phenolic OH excluding ortho intramolecular Hbond substituents is 1.